The molecule has 1 aromatic rings. The number of benzene rings is 1. The van der Waals surface area contributed by atoms with Crippen molar-refractivity contribution in [2.24, 2.45) is 5.41 Å². The van der Waals surface area contributed by atoms with Crippen molar-refractivity contribution >= 4 is 11.8 Å². The molecule has 1 aliphatic carbocycles. The first kappa shape index (κ1) is 21.5. The Balaban J connectivity index is 1.75. The van der Waals surface area contributed by atoms with Gasteiger partial charge in [-0.05, 0) is 42.9 Å². The number of fused-ring (bicyclic) bond motifs is 1. The number of carbonyl (C=O) groups excluding carboxylic acids is 2. The molecule has 0 saturated heterocycles. The first-order chi connectivity index (χ1) is 14.8. The van der Waals surface area contributed by atoms with Gasteiger partial charge in [0.1, 0.15) is 0 Å². The topological polar surface area (TPSA) is 73.9 Å². The van der Waals surface area contributed by atoms with Crippen LogP contribution < -0.4 is 14.8 Å². The molecule has 0 aromatic heterocycles. The summed E-state index contributed by atoms with van der Waals surface area (Å²) in [4.78, 5) is 26.5. The molecule has 0 fully saturated rings. The van der Waals surface area contributed by atoms with Crippen LogP contribution in [0.25, 0.3) is 0 Å². The molecular weight excluding hydrogens is 394 g/mol. The summed E-state index contributed by atoms with van der Waals surface area (Å²) in [5, 5.41) is 3.37. The number of rotatable bonds is 6. The summed E-state index contributed by atoms with van der Waals surface area (Å²) in [5.74, 6) is 0.536. The van der Waals surface area contributed by atoms with Crippen molar-refractivity contribution in [3.63, 3.8) is 0 Å². The van der Waals surface area contributed by atoms with Gasteiger partial charge in [0.25, 0.3) is 0 Å². The molecule has 0 amide bonds. The van der Waals surface area contributed by atoms with Crippen molar-refractivity contribution in [2.75, 3.05) is 13.4 Å². The van der Waals surface area contributed by atoms with Gasteiger partial charge >= 0.3 is 5.97 Å². The molecule has 1 atom stereocenters. The number of Topliss-reactive ketones (excluding diaryl/α,β-unsaturated/α-hetero) is 1. The summed E-state index contributed by atoms with van der Waals surface area (Å²) in [6, 6.07) is 5.64. The normalized spacial score (nSPS) is 21.7. The van der Waals surface area contributed by atoms with Crippen molar-refractivity contribution in [2.45, 2.75) is 65.7 Å². The number of nitrogens with one attached hydrogen (secondary N) is 1. The van der Waals surface area contributed by atoms with Crippen LogP contribution in [0.5, 0.6) is 11.5 Å². The van der Waals surface area contributed by atoms with E-state index in [0.29, 0.717) is 35.7 Å². The smallest absolute Gasteiger partial charge is 0.336 e. The van der Waals surface area contributed by atoms with Crippen molar-refractivity contribution in [3.8, 4) is 11.5 Å². The average molecular weight is 426 g/mol. The molecule has 1 N–H and O–H groups in total. The number of unbranched alkanes of at least 4 members (excludes halogenated alkanes) is 2. The van der Waals surface area contributed by atoms with E-state index in [0.717, 1.165) is 42.6 Å². The molecular formula is C25H31NO5. The van der Waals surface area contributed by atoms with Gasteiger partial charge in [-0.25, -0.2) is 4.79 Å². The Morgan fingerprint density at radius 3 is 2.74 bits per heavy atom. The maximum Gasteiger partial charge on any atom is 0.336 e. The number of esters is 1. The van der Waals surface area contributed by atoms with Crippen LogP contribution in [0.15, 0.2) is 40.7 Å². The van der Waals surface area contributed by atoms with Crippen LogP contribution in [0.2, 0.25) is 0 Å². The molecule has 6 heteroatoms. The minimum absolute atomic E-state index is 0.0743. The number of dihydropyridines is 1. The maximum atomic E-state index is 13.3. The molecule has 0 spiro atoms. The predicted molar refractivity (Wildman–Crippen MR) is 117 cm³/mol. The van der Waals surface area contributed by atoms with Crippen LogP contribution in [0.4, 0.5) is 0 Å². The van der Waals surface area contributed by atoms with E-state index in [4.69, 9.17) is 14.2 Å². The first-order valence-electron chi connectivity index (χ1n) is 11.1. The summed E-state index contributed by atoms with van der Waals surface area (Å²) in [6.45, 7) is 8.75. The Morgan fingerprint density at radius 2 is 1.97 bits per heavy atom. The highest BCUT2D eigenvalue weighted by Gasteiger charge is 2.43. The van der Waals surface area contributed by atoms with E-state index in [9.17, 15) is 9.59 Å². The zero-order valence-corrected chi connectivity index (χ0v) is 18.8. The fraction of sp³-hybridized carbons (Fsp3) is 0.520. The molecule has 0 radical (unpaired) electrons. The molecule has 0 bridgehead atoms. The third-order valence-corrected chi connectivity index (χ3v) is 6.17. The maximum absolute atomic E-state index is 13.3. The van der Waals surface area contributed by atoms with Crippen molar-refractivity contribution in [3.05, 3.63) is 46.3 Å². The van der Waals surface area contributed by atoms with E-state index in [-0.39, 0.29) is 24.0 Å². The van der Waals surface area contributed by atoms with Gasteiger partial charge in [-0.1, -0.05) is 39.7 Å². The Kier molecular flexibility index (Phi) is 5.82. The van der Waals surface area contributed by atoms with Crippen LogP contribution in [0.3, 0.4) is 0 Å². The third kappa shape index (κ3) is 4.21. The number of ketones is 1. The highest BCUT2D eigenvalue weighted by Crippen LogP contribution is 2.48. The SMILES string of the molecule is CCCCCOC(=O)C1=C(C)NC2=C(C(=O)CC(C)(C)C2)C1c1ccc2c(c1)OCO2. The van der Waals surface area contributed by atoms with Crippen LogP contribution in [-0.4, -0.2) is 25.2 Å². The van der Waals surface area contributed by atoms with Gasteiger partial charge < -0.3 is 19.5 Å². The summed E-state index contributed by atoms with van der Waals surface area (Å²) in [5.41, 5.74) is 3.54. The number of hydrogen-bond donors (Lipinski definition) is 1. The third-order valence-electron chi connectivity index (χ3n) is 6.17. The van der Waals surface area contributed by atoms with Gasteiger partial charge in [-0.15, -0.1) is 0 Å². The second kappa shape index (κ2) is 8.40. The van der Waals surface area contributed by atoms with E-state index in [1.807, 2.05) is 25.1 Å². The van der Waals surface area contributed by atoms with Crippen LogP contribution >= 0.6 is 0 Å². The zero-order valence-electron chi connectivity index (χ0n) is 18.8. The average Bonchev–Trinajstić information content (AvgIpc) is 3.16. The van der Waals surface area contributed by atoms with E-state index < -0.39 is 5.92 Å². The monoisotopic (exact) mass is 425 g/mol. The predicted octanol–water partition coefficient (Wildman–Crippen LogP) is 4.75. The first-order valence-corrected chi connectivity index (χ1v) is 11.1. The Bertz CT molecular complexity index is 972. The Hall–Kier alpha value is -2.76. The minimum atomic E-state index is -0.479. The molecule has 4 rings (SSSR count). The summed E-state index contributed by atoms with van der Waals surface area (Å²) >= 11 is 0. The second-order valence-corrected chi connectivity index (χ2v) is 9.39. The van der Waals surface area contributed by atoms with E-state index in [1.54, 1.807) is 0 Å². The molecule has 1 unspecified atom stereocenters. The van der Waals surface area contributed by atoms with Gasteiger partial charge in [-0.2, -0.15) is 0 Å². The largest absolute Gasteiger partial charge is 0.462 e. The van der Waals surface area contributed by atoms with Gasteiger partial charge in [0.2, 0.25) is 6.79 Å². The molecule has 6 nitrogen and oxygen atoms in total. The number of carbonyl (C=O) groups is 2. The Morgan fingerprint density at radius 1 is 1.19 bits per heavy atom. The molecule has 1 aromatic carbocycles. The lowest BCUT2D eigenvalue weighted by molar-refractivity contribution is -0.139. The molecule has 2 heterocycles. The molecule has 166 valence electrons. The van der Waals surface area contributed by atoms with Gasteiger partial charge in [0.15, 0.2) is 17.3 Å². The molecule has 0 saturated carbocycles. The quantitative estimate of drug-likeness (QED) is 0.524. The summed E-state index contributed by atoms with van der Waals surface area (Å²) in [7, 11) is 0. The fourth-order valence-electron chi connectivity index (χ4n) is 4.73. The lowest BCUT2D eigenvalue weighted by Gasteiger charge is -2.39. The van der Waals surface area contributed by atoms with Crippen LogP contribution in [-0.2, 0) is 14.3 Å². The lowest BCUT2D eigenvalue weighted by atomic mass is 9.68. The van der Waals surface area contributed by atoms with Crippen molar-refractivity contribution < 1.29 is 23.8 Å². The van der Waals surface area contributed by atoms with Gasteiger partial charge in [0.05, 0.1) is 12.2 Å². The summed E-state index contributed by atoms with van der Waals surface area (Å²) in [6.07, 6.45) is 4.11. The second-order valence-electron chi connectivity index (χ2n) is 9.39. The van der Waals surface area contributed by atoms with Crippen molar-refractivity contribution in [1.82, 2.24) is 5.32 Å². The van der Waals surface area contributed by atoms with E-state index in [2.05, 4.69) is 26.1 Å². The van der Waals surface area contributed by atoms with Gasteiger partial charge in [0, 0.05) is 29.3 Å². The van der Waals surface area contributed by atoms with Crippen LogP contribution in [0, 0.1) is 5.41 Å². The fourth-order valence-corrected chi connectivity index (χ4v) is 4.73. The standard InChI is InChI=1S/C25H31NO5/c1-5-6-7-10-29-24(28)21-15(2)26-17-12-25(3,4)13-18(27)23(17)22(21)16-8-9-19-20(11-16)31-14-30-19/h8-9,11,22,26H,5-7,10,12-14H2,1-4H3. The van der Waals surface area contributed by atoms with Gasteiger partial charge in [-0.3, -0.25) is 4.79 Å². The number of allylic oxidation sites excluding steroid dienone is 3. The summed E-state index contributed by atoms with van der Waals surface area (Å²) < 4.78 is 16.6. The molecule has 31 heavy (non-hydrogen) atoms. The minimum Gasteiger partial charge on any atom is -0.462 e. The molecule has 3 aliphatic rings. The Labute approximate surface area is 183 Å². The van der Waals surface area contributed by atoms with Crippen LogP contribution in [0.1, 0.15) is 71.3 Å². The lowest BCUT2D eigenvalue weighted by Crippen LogP contribution is -2.38. The number of ether oxygens (including phenoxy) is 3. The zero-order chi connectivity index (χ0) is 22.2. The van der Waals surface area contributed by atoms with Crippen molar-refractivity contribution in [1.29, 1.82) is 0 Å². The van der Waals surface area contributed by atoms with E-state index >= 15 is 0 Å². The highest BCUT2D eigenvalue weighted by atomic mass is 16.7. The molecule has 2 aliphatic heterocycles. The number of hydrogen-bond acceptors (Lipinski definition) is 6. The van der Waals surface area contributed by atoms with E-state index in [1.165, 1.54) is 0 Å². The highest BCUT2D eigenvalue weighted by molar-refractivity contribution is 6.04.